The highest BCUT2D eigenvalue weighted by Gasteiger charge is 2.59. The number of hydrogen-bond donors (Lipinski definition) is 1. The van der Waals surface area contributed by atoms with Crippen molar-refractivity contribution in [3.8, 4) is 0 Å². The second kappa shape index (κ2) is 5.43. The van der Waals surface area contributed by atoms with Gasteiger partial charge >= 0.3 is 5.97 Å². The first-order valence-electron chi connectivity index (χ1n) is 7.77. The fourth-order valence-electron chi connectivity index (χ4n) is 3.97. The molecule has 2 aromatic rings. The zero-order valence-corrected chi connectivity index (χ0v) is 13.9. The van der Waals surface area contributed by atoms with Crippen LogP contribution in [-0.4, -0.2) is 32.8 Å². The van der Waals surface area contributed by atoms with Gasteiger partial charge in [0.05, 0.1) is 23.3 Å². The third-order valence-electron chi connectivity index (χ3n) is 4.96. The lowest BCUT2D eigenvalue weighted by Gasteiger charge is -2.18. The van der Waals surface area contributed by atoms with Crippen molar-refractivity contribution < 1.29 is 17.9 Å². The number of ether oxygens (including phenoxy) is 1. The van der Waals surface area contributed by atoms with Crippen molar-refractivity contribution in [3.05, 3.63) is 65.7 Å². The Bertz CT molecular complexity index is 894. The molecule has 4 atom stereocenters. The number of fused-ring (bicyclic) bond motifs is 3. The van der Waals surface area contributed by atoms with Crippen molar-refractivity contribution in [2.45, 2.75) is 28.1 Å². The van der Waals surface area contributed by atoms with Gasteiger partial charge in [0.25, 0.3) is 0 Å². The first-order chi connectivity index (χ1) is 11.6. The predicted molar refractivity (Wildman–Crippen MR) is 88.3 cm³/mol. The van der Waals surface area contributed by atoms with Crippen LogP contribution >= 0.6 is 0 Å². The Morgan fingerprint density at radius 2 is 1.71 bits per heavy atom. The van der Waals surface area contributed by atoms with E-state index in [1.165, 1.54) is 7.11 Å². The number of carbonyl (C=O) groups excluding carboxylic acids is 1. The second-order valence-electron chi connectivity index (χ2n) is 6.13. The van der Waals surface area contributed by atoms with Crippen LogP contribution in [0.15, 0.2) is 59.5 Å². The molecule has 4 rings (SSSR count). The van der Waals surface area contributed by atoms with E-state index >= 15 is 0 Å². The van der Waals surface area contributed by atoms with Crippen LogP contribution < -0.4 is 5.32 Å². The van der Waals surface area contributed by atoms with Gasteiger partial charge in [-0.2, -0.15) is 0 Å². The quantitative estimate of drug-likeness (QED) is 0.842. The first kappa shape index (κ1) is 15.4. The molecule has 0 spiro atoms. The zero-order chi connectivity index (χ0) is 16.9. The Morgan fingerprint density at radius 3 is 2.42 bits per heavy atom. The van der Waals surface area contributed by atoms with Crippen LogP contribution in [0.2, 0.25) is 0 Å². The Kier molecular flexibility index (Phi) is 3.47. The third kappa shape index (κ3) is 2.03. The SMILES string of the molecule is COC(=O)[C@H]1N[C@@H](c2ccccc2)[C@H]2[C@@H]1c1ccccc1S2(=O)=O. The van der Waals surface area contributed by atoms with E-state index < -0.39 is 39.1 Å². The Balaban J connectivity index is 1.90. The molecule has 1 fully saturated rings. The summed E-state index contributed by atoms with van der Waals surface area (Å²) < 4.78 is 31.1. The predicted octanol–water partition coefficient (Wildman–Crippen LogP) is 1.81. The lowest BCUT2D eigenvalue weighted by atomic mass is 9.89. The van der Waals surface area contributed by atoms with Crippen LogP contribution in [0.3, 0.4) is 0 Å². The molecular weight excluding hydrogens is 326 g/mol. The van der Waals surface area contributed by atoms with Gasteiger partial charge in [-0.05, 0) is 17.2 Å². The summed E-state index contributed by atoms with van der Waals surface area (Å²) in [7, 11) is -2.20. The molecule has 2 heterocycles. The topological polar surface area (TPSA) is 72.5 Å². The highest BCUT2D eigenvalue weighted by atomic mass is 32.2. The Labute approximate surface area is 140 Å². The van der Waals surface area contributed by atoms with Crippen LogP contribution in [-0.2, 0) is 19.4 Å². The molecule has 0 aliphatic carbocycles. The van der Waals surface area contributed by atoms with E-state index in [-0.39, 0.29) is 0 Å². The largest absolute Gasteiger partial charge is 0.468 e. The maximum absolute atomic E-state index is 13.1. The van der Waals surface area contributed by atoms with E-state index in [1.807, 2.05) is 30.3 Å². The smallest absolute Gasteiger partial charge is 0.323 e. The number of rotatable bonds is 2. The molecule has 5 nitrogen and oxygen atoms in total. The van der Waals surface area contributed by atoms with Crippen molar-refractivity contribution in [2.75, 3.05) is 7.11 Å². The van der Waals surface area contributed by atoms with Crippen LogP contribution in [0.1, 0.15) is 23.1 Å². The average molecular weight is 343 g/mol. The maximum atomic E-state index is 13.1. The Morgan fingerprint density at radius 1 is 1.04 bits per heavy atom. The lowest BCUT2D eigenvalue weighted by Crippen LogP contribution is -2.36. The van der Waals surface area contributed by atoms with Crippen molar-refractivity contribution in [1.82, 2.24) is 5.32 Å². The van der Waals surface area contributed by atoms with E-state index in [9.17, 15) is 13.2 Å². The van der Waals surface area contributed by atoms with Crippen LogP contribution in [0.4, 0.5) is 0 Å². The van der Waals surface area contributed by atoms with E-state index in [0.29, 0.717) is 10.5 Å². The van der Waals surface area contributed by atoms with E-state index in [2.05, 4.69) is 5.32 Å². The van der Waals surface area contributed by atoms with Gasteiger partial charge in [-0.15, -0.1) is 0 Å². The molecule has 2 aliphatic heterocycles. The molecule has 0 bridgehead atoms. The van der Waals surface area contributed by atoms with Crippen LogP contribution in [0.5, 0.6) is 0 Å². The van der Waals surface area contributed by atoms with E-state index in [0.717, 1.165) is 5.56 Å². The van der Waals surface area contributed by atoms with E-state index in [4.69, 9.17) is 4.74 Å². The van der Waals surface area contributed by atoms with Crippen molar-refractivity contribution in [2.24, 2.45) is 0 Å². The number of nitrogens with one attached hydrogen (secondary N) is 1. The Hall–Kier alpha value is -2.18. The summed E-state index contributed by atoms with van der Waals surface area (Å²) in [6.45, 7) is 0. The molecule has 0 aromatic heterocycles. The van der Waals surface area contributed by atoms with Gasteiger partial charge in [0, 0.05) is 5.92 Å². The number of benzene rings is 2. The highest BCUT2D eigenvalue weighted by Crippen LogP contribution is 2.51. The first-order valence-corrected chi connectivity index (χ1v) is 9.32. The summed E-state index contributed by atoms with van der Waals surface area (Å²) in [6.07, 6.45) is 0. The second-order valence-corrected chi connectivity index (χ2v) is 8.20. The summed E-state index contributed by atoms with van der Waals surface area (Å²) in [5.74, 6) is -0.876. The summed E-state index contributed by atoms with van der Waals surface area (Å²) in [5, 5.41) is 2.50. The minimum Gasteiger partial charge on any atom is -0.468 e. The monoisotopic (exact) mass is 343 g/mol. The number of methoxy groups -OCH3 is 1. The van der Waals surface area contributed by atoms with Gasteiger partial charge in [0.15, 0.2) is 9.84 Å². The minimum atomic E-state index is -3.53. The highest BCUT2D eigenvalue weighted by molar-refractivity contribution is 7.92. The fourth-order valence-corrected chi connectivity index (χ4v) is 6.35. The van der Waals surface area contributed by atoms with Crippen LogP contribution in [0.25, 0.3) is 0 Å². The number of hydrogen-bond acceptors (Lipinski definition) is 5. The summed E-state index contributed by atoms with van der Waals surface area (Å²) >= 11 is 0. The summed E-state index contributed by atoms with van der Waals surface area (Å²) in [5.41, 5.74) is 1.55. The molecule has 1 N–H and O–H groups in total. The van der Waals surface area contributed by atoms with Gasteiger partial charge in [-0.3, -0.25) is 10.1 Å². The van der Waals surface area contributed by atoms with Crippen molar-refractivity contribution in [3.63, 3.8) is 0 Å². The molecular formula is C18H17NO4S. The standard InChI is InChI=1S/C18H17NO4S/c1-23-18(20)16-14-12-9-5-6-10-13(12)24(21,22)17(14)15(19-16)11-7-3-2-4-8-11/h2-10,14-17,19H,1H3/t14-,15+,16+,17-/m1/s1. The molecule has 0 radical (unpaired) electrons. The molecule has 2 aliphatic rings. The van der Waals surface area contributed by atoms with Gasteiger partial charge in [0.1, 0.15) is 6.04 Å². The number of sulfone groups is 1. The zero-order valence-electron chi connectivity index (χ0n) is 13.0. The molecule has 0 amide bonds. The average Bonchev–Trinajstić information content (AvgIpc) is 3.12. The van der Waals surface area contributed by atoms with Gasteiger partial charge < -0.3 is 4.74 Å². The molecule has 24 heavy (non-hydrogen) atoms. The third-order valence-corrected chi connectivity index (χ3v) is 7.22. The molecule has 0 unspecified atom stereocenters. The lowest BCUT2D eigenvalue weighted by molar-refractivity contribution is -0.143. The fraction of sp³-hybridized carbons (Fsp3) is 0.278. The number of esters is 1. The van der Waals surface area contributed by atoms with Gasteiger partial charge in [0.2, 0.25) is 0 Å². The van der Waals surface area contributed by atoms with E-state index in [1.54, 1.807) is 24.3 Å². The molecule has 124 valence electrons. The summed E-state index contributed by atoms with van der Waals surface area (Å²) in [4.78, 5) is 12.6. The summed E-state index contributed by atoms with van der Waals surface area (Å²) in [6, 6.07) is 15.2. The normalized spacial score (nSPS) is 29.7. The minimum absolute atomic E-state index is 0.330. The van der Waals surface area contributed by atoms with Gasteiger partial charge in [-0.25, -0.2) is 8.42 Å². The van der Waals surface area contributed by atoms with Crippen molar-refractivity contribution in [1.29, 1.82) is 0 Å². The molecule has 6 heteroatoms. The van der Waals surface area contributed by atoms with Crippen LogP contribution in [0, 0.1) is 0 Å². The molecule has 0 saturated carbocycles. The molecule has 2 aromatic carbocycles. The molecule has 1 saturated heterocycles. The number of carbonyl (C=O) groups is 1. The van der Waals surface area contributed by atoms with Gasteiger partial charge in [-0.1, -0.05) is 48.5 Å². The maximum Gasteiger partial charge on any atom is 0.323 e. The van der Waals surface area contributed by atoms with Crippen molar-refractivity contribution >= 4 is 15.8 Å².